The molecule has 1 aliphatic heterocycles. The summed E-state index contributed by atoms with van der Waals surface area (Å²) in [6.07, 6.45) is 0. The lowest BCUT2D eigenvalue weighted by Gasteiger charge is -2.27. The van der Waals surface area contributed by atoms with Crippen molar-refractivity contribution in [3.05, 3.63) is 106 Å². The third kappa shape index (κ3) is 3.28. The summed E-state index contributed by atoms with van der Waals surface area (Å²) in [5.41, 5.74) is 3.40. The molecule has 4 rings (SSSR count). The first-order chi connectivity index (χ1) is 14.4. The van der Waals surface area contributed by atoms with Crippen molar-refractivity contribution in [3.63, 3.8) is 0 Å². The van der Waals surface area contributed by atoms with Gasteiger partial charge in [-0.25, -0.2) is 4.39 Å². The number of hydrogen-bond donors (Lipinski definition) is 1. The zero-order valence-corrected chi connectivity index (χ0v) is 16.6. The van der Waals surface area contributed by atoms with Gasteiger partial charge in [-0.3, -0.25) is 14.5 Å². The second kappa shape index (κ2) is 7.59. The van der Waals surface area contributed by atoms with Crippen LogP contribution in [-0.2, 0) is 9.59 Å². The zero-order valence-electron chi connectivity index (χ0n) is 16.6. The maximum absolute atomic E-state index is 13.4. The van der Waals surface area contributed by atoms with Crippen molar-refractivity contribution in [2.75, 3.05) is 4.90 Å². The van der Waals surface area contributed by atoms with Crippen LogP contribution in [0.25, 0.3) is 5.76 Å². The lowest BCUT2D eigenvalue weighted by molar-refractivity contribution is -0.132. The van der Waals surface area contributed by atoms with Gasteiger partial charge in [0, 0.05) is 11.3 Å². The van der Waals surface area contributed by atoms with E-state index in [1.165, 1.54) is 29.2 Å². The molecule has 1 unspecified atom stereocenters. The Hall–Kier alpha value is -3.73. The molecule has 0 saturated carbocycles. The molecule has 1 aliphatic rings. The molecule has 1 heterocycles. The number of halogens is 1. The molecule has 0 radical (unpaired) electrons. The largest absolute Gasteiger partial charge is 0.507 e. The average Bonchev–Trinajstić information content (AvgIpc) is 2.99. The average molecular weight is 401 g/mol. The molecule has 3 aromatic rings. The van der Waals surface area contributed by atoms with Crippen molar-refractivity contribution in [1.82, 2.24) is 0 Å². The highest BCUT2D eigenvalue weighted by Gasteiger charge is 2.47. The number of hydrogen-bond acceptors (Lipinski definition) is 3. The highest BCUT2D eigenvalue weighted by molar-refractivity contribution is 6.51. The minimum Gasteiger partial charge on any atom is -0.507 e. The van der Waals surface area contributed by atoms with Gasteiger partial charge in [0.05, 0.1) is 11.6 Å². The van der Waals surface area contributed by atoms with Crippen molar-refractivity contribution in [3.8, 4) is 0 Å². The fraction of sp³-hybridized carbons (Fsp3) is 0.120. The molecule has 0 bridgehead atoms. The molecule has 30 heavy (non-hydrogen) atoms. The fourth-order valence-corrected chi connectivity index (χ4v) is 3.83. The van der Waals surface area contributed by atoms with Crippen molar-refractivity contribution >= 4 is 23.1 Å². The van der Waals surface area contributed by atoms with Crippen LogP contribution in [0.5, 0.6) is 0 Å². The molecule has 4 nitrogen and oxygen atoms in total. The number of ketones is 1. The van der Waals surface area contributed by atoms with E-state index < -0.39 is 23.5 Å². The Balaban J connectivity index is 1.98. The number of carbonyl (C=O) groups is 2. The molecule has 1 atom stereocenters. The van der Waals surface area contributed by atoms with Gasteiger partial charge in [0.2, 0.25) is 0 Å². The van der Waals surface area contributed by atoms with Crippen molar-refractivity contribution in [2.24, 2.45) is 0 Å². The molecule has 150 valence electrons. The lowest BCUT2D eigenvalue weighted by Crippen LogP contribution is -2.29. The van der Waals surface area contributed by atoms with Crippen LogP contribution < -0.4 is 4.90 Å². The van der Waals surface area contributed by atoms with E-state index in [4.69, 9.17) is 0 Å². The second-order valence-electron chi connectivity index (χ2n) is 7.37. The van der Waals surface area contributed by atoms with Crippen LogP contribution in [0.4, 0.5) is 10.1 Å². The fourth-order valence-electron chi connectivity index (χ4n) is 3.83. The summed E-state index contributed by atoms with van der Waals surface area (Å²) in [4.78, 5) is 27.6. The van der Waals surface area contributed by atoms with Crippen LogP contribution in [0.3, 0.4) is 0 Å². The topological polar surface area (TPSA) is 57.6 Å². The van der Waals surface area contributed by atoms with Crippen LogP contribution in [0.2, 0.25) is 0 Å². The standard InChI is InChI=1S/C25H20FNO3/c1-15-6-5-8-19(14-15)27-22(20-9-4-3-7-16(20)2)21(24(29)25(27)30)23(28)17-10-12-18(26)13-11-17/h3-14,22,28H,1-2H3/b23-21+. The SMILES string of the molecule is Cc1cccc(N2C(=O)C(=O)/C(=C(/O)c3ccc(F)cc3)C2c2ccccc2C)c1. The van der Waals surface area contributed by atoms with Crippen molar-refractivity contribution in [2.45, 2.75) is 19.9 Å². The molecule has 1 saturated heterocycles. The Morgan fingerprint density at radius 2 is 1.63 bits per heavy atom. The maximum atomic E-state index is 13.4. The molecular weight excluding hydrogens is 381 g/mol. The van der Waals surface area contributed by atoms with E-state index in [9.17, 15) is 19.1 Å². The van der Waals surface area contributed by atoms with Gasteiger partial charge in [-0.15, -0.1) is 0 Å². The number of benzene rings is 3. The summed E-state index contributed by atoms with van der Waals surface area (Å²) in [7, 11) is 0. The van der Waals surface area contributed by atoms with E-state index in [1.54, 1.807) is 6.07 Å². The van der Waals surface area contributed by atoms with E-state index >= 15 is 0 Å². The lowest BCUT2D eigenvalue weighted by atomic mass is 9.92. The number of Topliss-reactive ketones (excluding diaryl/α,β-unsaturated/α-hetero) is 1. The predicted octanol–water partition coefficient (Wildman–Crippen LogP) is 5.07. The smallest absolute Gasteiger partial charge is 0.300 e. The second-order valence-corrected chi connectivity index (χ2v) is 7.37. The van der Waals surface area contributed by atoms with Gasteiger partial charge in [-0.2, -0.15) is 0 Å². The third-order valence-corrected chi connectivity index (χ3v) is 5.32. The zero-order chi connectivity index (χ0) is 21.4. The van der Waals surface area contributed by atoms with E-state index in [0.29, 0.717) is 5.69 Å². The van der Waals surface area contributed by atoms with Crippen LogP contribution in [0, 0.1) is 19.7 Å². The molecule has 0 spiro atoms. The van der Waals surface area contributed by atoms with Gasteiger partial charge in [0.25, 0.3) is 11.7 Å². The van der Waals surface area contributed by atoms with Crippen LogP contribution in [-0.4, -0.2) is 16.8 Å². The van der Waals surface area contributed by atoms with E-state index in [-0.39, 0.29) is 16.9 Å². The van der Waals surface area contributed by atoms with Gasteiger partial charge in [-0.05, 0) is 66.9 Å². The summed E-state index contributed by atoms with van der Waals surface area (Å²) >= 11 is 0. The molecule has 0 aromatic heterocycles. The first-order valence-electron chi connectivity index (χ1n) is 9.57. The van der Waals surface area contributed by atoms with Crippen LogP contribution in [0.1, 0.15) is 28.3 Å². The number of carbonyl (C=O) groups excluding carboxylic acids is 2. The Morgan fingerprint density at radius 3 is 2.30 bits per heavy atom. The summed E-state index contributed by atoms with van der Waals surface area (Å²) in [6.45, 7) is 3.80. The van der Waals surface area contributed by atoms with Gasteiger partial charge >= 0.3 is 0 Å². The molecule has 5 heteroatoms. The molecular formula is C25H20FNO3. The Morgan fingerprint density at radius 1 is 0.933 bits per heavy atom. The highest BCUT2D eigenvalue weighted by atomic mass is 19.1. The third-order valence-electron chi connectivity index (χ3n) is 5.32. The van der Waals surface area contributed by atoms with Crippen LogP contribution >= 0.6 is 0 Å². The van der Waals surface area contributed by atoms with E-state index in [0.717, 1.165) is 16.7 Å². The Labute approximate surface area is 173 Å². The summed E-state index contributed by atoms with van der Waals surface area (Å²) in [6, 6.07) is 19.1. The van der Waals surface area contributed by atoms with Gasteiger partial charge < -0.3 is 5.11 Å². The number of aliphatic hydroxyl groups excluding tert-OH is 1. The quantitative estimate of drug-likeness (QED) is 0.379. The highest BCUT2D eigenvalue weighted by Crippen LogP contribution is 2.43. The predicted molar refractivity (Wildman–Crippen MR) is 114 cm³/mol. The van der Waals surface area contributed by atoms with E-state index in [1.807, 2.05) is 56.3 Å². The first kappa shape index (κ1) is 19.6. The summed E-state index contributed by atoms with van der Waals surface area (Å²) in [5, 5.41) is 11.0. The number of nitrogens with zero attached hydrogens (tertiary/aromatic N) is 1. The normalized spacial score (nSPS) is 18.1. The number of rotatable bonds is 3. The number of aryl methyl sites for hydroxylation is 2. The van der Waals surface area contributed by atoms with Gasteiger partial charge in [0.1, 0.15) is 11.6 Å². The number of anilines is 1. The maximum Gasteiger partial charge on any atom is 0.300 e. The first-order valence-corrected chi connectivity index (χ1v) is 9.57. The molecule has 1 fully saturated rings. The minimum absolute atomic E-state index is 0.0117. The van der Waals surface area contributed by atoms with E-state index in [2.05, 4.69) is 0 Å². The van der Waals surface area contributed by atoms with Gasteiger partial charge in [-0.1, -0.05) is 36.4 Å². The Kier molecular flexibility index (Phi) is 4.96. The Bertz CT molecular complexity index is 1180. The molecule has 3 aromatic carbocycles. The van der Waals surface area contributed by atoms with Gasteiger partial charge in [0.15, 0.2) is 0 Å². The number of amides is 1. The summed E-state index contributed by atoms with van der Waals surface area (Å²) in [5.74, 6) is -2.26. The number of aliphatic hydroxyl groups is 1. The van der Waals surface area contributed by atoms with Crippen LogP contribution in [0.15, 0.2) is 78.4 Å². The monoisotopic (exact) mass is 401 g/mol. The van der Waals surface area contributed by atoms with Crippen molar-refractivity contribution in [1.29, 1.82) is 0 Å². The minimum atomic E-state index is -0.793. The molecule has 0 aliphatic carbocycles. The molecule has 1 amide bonds. The summed E-state index contributed by atoms with van der Waals surface area (Å²) < 4.78 is 13.4. The molecule has 1 N–H and O–H groups in total. The van der Waals surface area contributed by atoms with Crippen molar-refractivity contribution < 1.29 is 19.1 Å².